The van der Waals surface area contributed by atoms with E-state index in [1.807, 2.05) is 0 Å². The zero-order valence-electron chi connectivity index (χ0n) is 12.9. The van der Waals surface area contributed by atoms with Crippen molar-refractivity contribution in [2.75, 3.05) is 26.3 Å². The van der Waals surface area contributed by atoms with Gasteiger partial charge in [0.2, 0.25) is 0 Å². The summed E-state index contributed by atoms with van der Waals surface area (Å²) in [4.78, 5) is 0. The van der Waals surface area contributed by atoms with Crippen molar-refractivity contribution >= 4 is 0 Å². The Morgan fingerprint density at radius 2 is 2.05 bits per heavy atom. The lowest BCUT2D eigenvalue weighted by Crippen LogP contribution is -2.22. The molecule has 0 aliphatic heterocycles. The van der Waals surface area contributed by atoms with E-state index in [1.165, 1.54) is 11.1 Å². The third-order valence-corrected chi connectivity index (χ3v) is 3.22. The molecule has 1 atom stereocenters. The van der Waals surface area contributed by atoms with Gasteiger partial charge in [0.1, 0.15) is 0 Å². The molecule has 1 rings (SSSR count). The van der Waals surface area contributed by atoms with Crippen LogP contribution < -0.4 is 5.32 Å². The second-order valence-corrected chi connectivity index (χ2v) is 5.68. The Bertz CT molecular complexity index is 349. The van der Waals surface area contributed by atoms with Gasteiger partial charge >= 0.3 is 0 Å². The first-order valence-electron chi connectivity index (χ1n) is 7.48. The summed E-state index contributed by atoms with van der Waals surface area (Å²) in [6.45, 7) is 12.5. The van der Waals surface area contributed by atoms with Gasteiger partial charge in [0, 0.05) is 19.8 Å². The van der Waals surface area contributed by atoms with Gasteiger partial charge in [-0.2, -0.15) is 0 Å². The molecule has 0 aliphatic carbocycles. The molecule has 1 aromatic carbocycles. The quantitative estimate of drug-likeness (QED) is 0.685. The van der Waals surface area contributed by atoms with E-state index in [1.54, 1.807) is 0 Å². The molecular formula is C17H29NO. The van der Waals surface area contributed by atoms with Crippen molar-refractivity contribution in [3.8, 4) is 0 Å². The summed E-state index contributed by atoms with van der Waals surface area (Å²) in [6, 6.07) is 8.84. The zero-order chi connectivity index (χ0) is 14.1. The molecule has 2 nitrogen and oxygen atoms in total. The molecule has 0 heterocycles. The van der Waals surface area contributed by atoms with Crippen LogP contribution >= 0.6 is 0 Å². The Morgan fingerprint density at radius 1 is 1.26 bits per heavy atom. The van der Waals surface area contributed by atoms with Crippen molar-refractivity contribution in [3.05, 3.63) is 35.4 Å². The van der Waals surface area contributed by atoms with E-state index in [4.69, 9.17) is 4.74 Å². The Kier molecular flexibility index (Phi) is 7.76. The van der Waals surface area contributed by atoms with Gasteiger partial charge in [0.25, 0.3) is 0 Å². The first-order chi connectivity index (χ1) is 9.13. The van der Waals surface area contributed by atoms with Crippen molar-refractivity contribution in [1.29, 1.82) is 0 Å². The van der Waals surface area contributed by atoms with E-state index < -0.39 is 0 Å². The standard InChI is InChI=1S/C17H29NO/c1-5-18-12-17(9-10-19-13-14(2)3)16-8-6-7-15(4)11-16/h6-8,11,14,17-18H,5,9-10,12-13H2,1-4H3. The van der Waals surface area contributed by atoms with Crippen LogP contribution in [0.15, 0.2) is 24.3 Å². The lowest BCUT2D eigenvalue weighted by molar-refractivity contribution is 0.103. The summed E-state index contributed by atoms with van der Waals surface area (Å²) in [6.07, 6.45) is 1.09. The maximum absolute atomic E-state index is 5.73. The second-order valence-electron chi connectivity index (χ2n) is 5.68. The Labute approximate surface area is 118 Å². The highest BCUT2D eigenvalue weighted by Crippen LogP contribution is 2.20. The highest BCUT2D eigenvalue weighted by molar-refractivity contribution is 5.25. The van der Waals surface area contributed by atoms with Gasteiger partial charge < -0.3 is 10.1 Å². The van der Waals surface area contributed by atoms with Crippen LogP contribution in [-0.4, -0.2) is 26.3 Å². The Balaban J connectivity index is 2.51. The first kappa shape index (κ1) is 16.2. The van der Waals surface area contributed by atoms with E-state index in [0.717, 1.165) is 32.7 Å². The maximum Gasteiger partial charge on any atom is 0.0488 e. The van der Waals surface area contributed by atoms with Gasteiger partial charge in [-0.05, 0) is 37.3 Å². The van der Waals surface area contributed by atoms with E-state index >= 15 is 0 Å². The van der Waals surface area contributed by atoms with Crippen molar-refractivity contribution in [3.63, 3.8) is 0 Å². The molecule has 0 aliphatic rings. The van der Waals surface area contributed by atoms with Crippen LogP contribution in [0.3, 0.4) is 0 Å². The van der Waals surface area contributed by atoms with Crippen LogP contribution in [0.4, 0.5) is 0 Å². The Morgan fingerprint density at radius 3 is 2.68 bits per heavy atom. The number of hydrogen-bond donors (Lipinski definition) is 1. The van der Waals surface area contributed by atoms with Crippen molar-refractivity contribution < 1.29 is 4.74 Å². The van der Waals surface area contributed by atoms with E-state index in [2.05, 4.69) is 57.3 Å². The zero-order valence-corrected chi connectivity index (χ0v) is 12.9. The molecule has 108 valence electrons. The smallest absolute Gasteiger partial charge is 0.0488 e. The number of rotatable bonds is 9. The lowest BCUT2D eigenvalue weighted by Gasteiger charge is -2.19. The van der Waals surface area contributed by atoms with Gasteiger partial charge in [-0.25, -0.2) is 0 Å². The normalized spacial score (nSPS) is 12.9. The van der Waals surface area contributed by atoms with Crippen LogP contribution in [-0.2, 0) is 4.74 Å². The third-order valence-electron chi connectivity index (χ3n) is 3.22. The first-order valence-corrected chi connectivity index (χ1v) is 7.48. The molecule has 0 fully saturated rings. The molecule has 0 amide bonds. The van der Waals surface area contributed by atoms with Crippen LogP contribution in [0.5, 0.6) is 0 Å². The topological polar surface area (TPSA) is 21.3 Å². The fourth-order valence-electron chi connectivity index (χ4n) is 2.17. The summed E-state index contributed by atoms with van der Waals surface area (Å²) in [5, 5.41) is 3.46. The van der Waals surface area contributed by atoms with Crippen molar-refractivity contribution in [1.82, 2.24) is 5.32 Å². The van der Waals surface area contributed by atoms with Crippen LogP contribution in [0.25, 0.3) is 0 Å². The predicted molar refractivity (Wildman–Crippen MR) is 82.7 cm³/mol. The number of benzene rings is 1. The maximum atomic E-state index is 5.73. The van der Waals surface area contributed by atoms with E-state index in [9.17, 15) is 0 Å². The second kappa shape index (κ2) is 9.11. The number of ether oxygens (including phenoxy) is 1. The molecule has 0 saturated heterocycles. The van der Waals surface area contributed by atoms with Crippen molar-refractivity contribution in [2.24, 2.45) is 5.92 Å². The van der Waals surface area contributed by atoms with Crippen molar-refractivity contribution in [2.45, 2.75) is 40.0 Å². The fourth-order valence-corrected chi connectivity index (χ4v) is 2.17. The minimum absolute atomic E-state index is 0.548. The SMILES string of the molecule is CCNCC(CCOCC(C)C)c1cccc(C)c1. The minimum atomic E-state index is 0.548. The summed E-state index contributed by atoms with van der Waals surface area (Å²) < 4.78 is 5.73. The molecule has 1 unspecified atom stereocenters. The molecule has 0 saturated carbocycles. The average molecular weight is 263 g/mol. The molecule has 2 heteroatoms. The molecule has 0 aromatic heterocycles. The highest BCUT2D eigenvalue weighted by atomic mass is 16.5. The fraction of sp³-hybridized carbons (Fsp3) is 0.647. The van der Waals surface area contributed by atoms with Gasteiger partial charge in [-0.1, -0.05) is 50.6 Å². The highest BCUT2D eigenvalue weighted by Gasteiger charge is 2.11. The molecule has 19 heavy (non-hydrogen) atoms. The summed E-state index contributed by atoms with van der Waals surface area (Å²) in [5.41, 5.74) is 2.76. The van der Waals surface area contributed by atoms with Crippen LogP contribution in [0.2, 0.25) is 0 Å². The van der Waals surface area contributed by atoms with E-state index in [-0.39, 0.29) is 0 Å². The average Bonchev–Trinajstić information content (AvgIpc) is 2.37. The number of likely N-dealkylation sites (N-methyl/N-ethyl adjacent to an activating group) is 1. The minimum Gasteiger partial charge on any atom is -0.381 e. The molecule has 0 radical (unpaired) electrons. The molecular weight excluding hydrogens is 234 g/mol. The summed E-state index contributed by atoms with van der Waals surface area (Å²) >= 11 is 0. The monoisotopic (exact) mass is 263 g/mol. The predicted octanol–water partition coefficient (Wildman–Crippen LogP) is 3.75. The van der Waals surface area contributed by atoms with E-state index in [0.29, 0.717) is 11.8 Å². The molecule has 1 N–H and O–H groups in total. The molecule has 1 aromatic rings. The molecule has 0 bridgehead atoms. The van der Waals surface area contributed by atoms with Gasteiger partial charge in [0.15, 0.2) is 0 Å². The number of hydrogen-bond acceptors (Lipinski definition) is 2. The summed E-state index contributed by atoms with van der Waals surface area (Å²) in [5.74, 6) is 1.16. The summed E-state index contributed by atoms with van der Waals surface area (Å²) in [7, 11) is 0. The van der Waals surface area contributed by atoms with Crippen LogP contribution in [0.1, 0.15) is 44.2 Å². The van der Waals surface area contributed by atoms with Crippen LogP contribution in [0, 0.1) is 12.8 Å². The Hall–Kier alpha value is -0.860. The number of aryl methyl sites for hydroxylation is 1. The van der Waals surface area contributed by atoms with Gasteiger partial charge in [-0.3, -0.25) is 0 Å². The van der Waals surface area contributed by atoms with Gasteiger partial charge in [-0.15, -0.1) is 0 Å². The largest absolute Gasteiger partial charge is 0.381 e. The van der Waals surface area contributed by atoms with Gasteiger partial charge in [0.05, 0.1) is 0 Å². The lowest BCUT2D eigenvalue weighted by atomic mass is 9.94. The third kappa shape index (κ3) is 6.74. The molecule has 0 spiro atoms. The number of nitrogens with one attached hydrogen (secondary N) is 1.